The van der Waals surface area contributed by atoms with E-state index in [1.165, 1.54) is 0 Å². The van der Waals surface area contributed by atoms with Crippen LogP contribution in [0.25, 0.3) is 0 Å². The minimum atomic E-state index is -0.460. The molecule has 2 aliphatic rings. The van der Waals surface area contributed by atoms with E-state index in [4.69, 9.17) is 4.74 Å². The first kappa shape index (κ1) is 16.4. The predicted octanol–water partition coefficient (Wildman–Crippen LogP) is 2.72. The normalized spacial score (nSPS) is 20.9. The summed E-state index contributed by atoms with van der Waals surface area (Å²) >= 11 is 3.49. The molecule has 7 heteroatoms. The van der Waals surface area contributed by atoms with Gasteiger partial charge in [0.25, 0.3) is 0 Å². The number of fused-ring (bicyclic) bond motifs is 3. The fraction of sp³-hybridized carbons (Fsp3) is 0.625. The highest BCUT2D eigenvalue weighted by Crippen LogP contribution is 2.35. The van der Waals surface area contributed by atoms with E-state index in [1.54, 1.807) is 0 Å². The number of likely N-dealkylation sites (N-methyl/N-ethyl adjacent to an activating group) is 1. The number of nitrogens with zero attached hydrogens (tertiary/aromatic N) is 4. The quantitative estimate of drug-likeness (QED) is 0.690. The highest BCUT2D eigenvalue weighted by atomic mass is 79.9. The van der Waals surface area contributed by atoms with Crippen LogP contribution < -0.4 is 9.80 Å². The summed E-state index contributed by atoms with van der Waals surface area (Å²) in [7, 11) is 2.07. The van der Waals surface area contributed by atoms with Crippen LogP contribution in [-0.4, -0.2) is 60.8 Å². The minimum Gasteiger partial charge on any atom is -0.444 e. The Kier molecular flexibility index (Phi) is 4.16. The third kappa shape index (κ3) is 3.39. The van der Waals surface area contributed by atoms with Gasteiger partial charge in [0, 0.05) is 43.9 Å². The van der Waals surface area contributed by atoms with Crippen LogP contribution in [0, 0.1) is 0 Å². The van der Waals surface area contributed by atoms with Gasteiger partial charge in [-0.1, -0.05) is 0 Å². The molecule has 23 heavy (non-hydrogen) atoms. The number of carbonyl (C=O) groups excluding carboxylic acids is 1. The van der Waals surface area contributed by atoms with Crippen LogP contribution in [0.3, 0.4) is 0 Å². The van der Waals surface area contributed by atoms with Gasteiger partial charge in [0.15, 0.2) is 5.82 Å². The molecule has 3 heterocycles. The van der Waals surface area contributed by atoms with Crippen LogP contribution in [0.5, 0.6) is 0 Å². The maximum absolute atomic E-state index is 12.3. The Morgan fingerprint density at radius 1 is 1.35 bits per heavy atom. The lowest BCUT2D eigenvalue weighted by Gasteiger charge is -2.47. The molecular formula is C16H23BrN4O2. The number of rotatable bonds is 0. The van der Waals surface area contributed by atoms with Crippen molar-refractivity contribution in [1.82, 2.24) is 9.88 Å². The lowest BCUT2D eigenvalue weighted by atomic mass is 10.1. The van der Waals surface area contributed by atoms with Crippen LogP contribution in [0.15, 0.2) is 16.7 Å². The third-order valence-corrected chi connectivity index (χ3v) is 4.55. The standard InChI is InChI=1S/C16H23BrN4O2/c1-16(2,3)23-15(22)20-5-6-21-12(10-20)9-19(4)13-7-11(17)8-18-14(13)21/h7-8,12H,5-6,9-10H2,1-4H3. The molecule has 1 aromatic heterocycles. The highest BCUT2D eigenvalue weighted by molar-refractivity contribution is 9.10. The number of anilines is 2. The van der Waals surface area contributed by atoms with Gasteiger partial charge in [-0.15, -0.1) is 0 Å². The van der Waals surface area contributed by atoms with Crippen LogP contribution in [0.2, 0.25) is 0 Å². The van der Waals surface area contributed by atoms with E-state index in [9.17, 15) is 4.79 Å². The molecule has 0 radical (unpaired) electrons. The topological polar surface area (TPSA) is 48.9 Å². The first-order valence-electron chi connectivity index (χ1n) is 7.86. The lowest BCUT2D eigenvalue weighted by molar-refractivity contribution is 0.0214. The summed E-state index contributed by atoms with van der Waals surface area (Å²) in [6, 6.07) is 2.33. The SMILES string of the molecule is CN1CC2CN(C(=O)OC(C)(C)C)CCN2c2ncc(Br)cc21. The predicted molar refractivity (Wildman–Crippen MR) is 94.1 cm³/mol. The summed E-state index contributed by atoms with van der Waals surface area (Å²) in [6.45, 7) is 8.65. The van der Waals surface area contributed by atoms with E-state index in [-0.39, 0.29) is 12.1 Å². The molecule has 1 fully saturated rings. The van der Waals surface area contributed by atoms with E-state index >= 15 is 0 Å². The second-order valence-corrected chi connectivity index (χ2v) is 8.07. The fourth-order valence-electron chi connectivity index (χ4n) is 3.12. The maximum atomic E-state index is 12.3. The molecule has 0 aromatic carbocycles. The summed E-state index contributed by atoms with van der Waals surface area (Å²) in [4.78, 5) is 23.2. The molecule has 1 atom stereocenters. The number of hydrogen-bond acceptors (Lipinski definition) is 5. The van der Waals surface area contributed by atoms with Gasteiger partial charge in [-0.05, 0) is 42.8 Å². The average molecular weight is 383 g/mol. The van der Waals surface area contributed by atoms with Crippen LogP contribution in [0.1, 0.15) is 20.8 Å². The first-order valence-corrected chi connectivity index (χ1v) is 8.65. The van der Waals surface area contributed by atoms with E-state index in [0.29, 0.717) is 13.1 Å². The zero-order valence-electron chi connectivity index (χ0n) is 14.0. The molecule has 6 nitrogen and oxygen atoms in total. The van der Waals surface area contributed by atoms with Crippen LogP contribution in [0.4, 0.5) is 16.3 Å². The minimum absolute atomic E-state index is 0.227. The zero-order chi connectivity index (χ0) is 16.8. The van der Waals surface area contributed by atoms with Gasteiger partial charge in [0.1, 0.15) is 5.60 Å². The van der Waals surface area contributed by atoms with Crippen molar-refractivity contribution < 1.29 is 9.53 Å². The van der Waals surface area contributed by atoms with E-state index in [1.807, 2.05) is 31.9 Å². The van der Waals surface area contributed by atoms with Gasteiger partial charge in [-0.2, -0.15) is 0 Å². The van der Waals surface area contributed by atoms with Gasteiger partial charge < -0.3 is 19.4 Å². The summed E-state index contributed by atoms with van der Waals surface area (Å²) in [5.41, 5.74) is 0.666. The first-order chi connectivity index (χ1) is 10.7. The number of carbonyl (C=O) groups is 1. The molecule has 126 valence electrons. The van der Waals surface area contributed by atoms with Crippen molar-refractivity contribution in [1.29, 1.82) is 0 Å². The van der Waals surface area contributed by atoms with Crippen molar-refractivity contribution in [3.8, 4) is 0 Å². The summed E-state index contributed by atoms with van der Waals surface area (Å²) < 4.78 is 6.48. The van der Waals surface area contributed by atoms with Crippen molar-refractivity contribution in [2.24, 2.45) is 0 Å². The molecule has 0 aliphatic carbocycles. The number of pyridine rings is 1. The smallest absolute Gasteiger partial charge is 0.410 e. The largest absolute Gasteiger partial charge is 0.444 e. The van der Waals surface area contributed by atoms with E-state index in [0.717, 1.165) is 29.1 Å². The Labute approximate surface area is 145 Å². The van der Waals surface area contributed by atoms with Gasteiger partial charge in [0.2, 0.25) is 0 Å². The molecule has 1 aromatic rings. The van der Waals surface area contributed by atoms with Crippen molar-refractivity contribution >= 4 is 33.5 Å². The fourth-order valence-corrected chi connectivity index (χ4v) is 3.44. The Bertz CT molecular complexity index is 617. The molecule has 1 unspecified atom stereocenters. The number of aromatic nitrogens is 1. The molecule has 0 spiro atoms. The highest BCUT2D eigenvalue weighted by Gasteiger charge is 2.37. The Balaban J connectivity index is 1.76. The summed E-state index contributed by atoms with van der Waals surface area (Å²) in [5.74, 6) is 0.996. The lowest BCUT2D eigenvalue weighted by Crippen LogP contribution is -2.61. The number of hydrogen-bond donors (Lipinski definition) is 0. The third-order valence-electron chi connectivity index (χ3n) is 4.12. The Morgan fingerprint density at radius 3 is 2.78 bits per heavy atom. The second kappa shape index (κ2) is 5.85. The zero-order valence-corrected chi connectivity index (χ0v) is 15.6. The monoisotopic (exact) mass is 382 g/mol. The van der Waals surface area contributed by atoms with Gasteiger partial charge in [-0.3, -0.25) is 0 Å². The van der Waals surface area contributed by atoms with Crippen molar-refractivity contribution in [3.05, 3.63) is 16.7 Å². The number of halogens is 1. The number of ether oxygens (including phenoxy) is 1. The number of piperazine rings is 1. The van der Waals surface area contributed by atoms with Crippen LogP contribution >= 0.6 is 15.9 Å². The van der Waals surface area contributed by atoms with Crippen LogP contribution in [-0.2, 0) is 4.74 Å². The number of amides is 1. The van der Waals surface area contributed by atoms with Gasteiger partial charge in [-0.25, -0.2) is 9.78 Å². The Morgan fingerprint density at radius 2 is 2.09 bits per heavy atom. The average Bonchev–Trinajstić information content (AvgIpc) is 2.45. The molecule has 0 bridgehead atoms. The van der Waals surface area contributed by atoms with E-state index < -0.39 is 5.60 Å². The van der Waals surface area contributed by atoms with E-state index in [2.05, 4.69) is 43.8 Å². The van der Waals surface area contributed by atoms with Crippen molar-refractivity contribution in [2.75, 3.05) is 43.0 Å². The van der Waals surface area contributed by atoms with Gasteiger partial charge in [0.05, 0.1) is 11.7 Å². The Hall–Kier alpha value is -1.50. The molecule has 1 saturated heterocycles. The molecule has 0 N–H and O–H groups in total. The molecule has 0 saturated carbocycles. The van der Waals surface area contributed by atoms with Crippen molar-refractivity contribution in [3.63, 3.8) is 0 Å². The van der Waals surface area contributed by atoms with Gasteiger partial charge >= 0.3 is 6.09 Å². The second-order valence-electron chi connectivity index (χ2n) is 7.15. The molecule has 1 amide bonds. The van der Waals surface area contributed by atoms with Crippen molar-refractivity contribution in [2.45, 2.75) is 32.4 Å². The summed E-state index contributed by atoms with van der Waals surface area (Å²) in [6.07, 6.45) is 1.60. The molecule has 3 rings (SSSR count). The molecule has 2 aliphatic heterocycles. The maximum Gasteiger partial charge on any atom is 0.410 e. The molecular weight excluding hydrogens is 360 g/mol. The summed E-state index contributed by atoms with van der Waals surface area (Å²) in [5, 5.41) is 0.